The Kier molecular flexibility index (Phi) is 5.11. The van der Waals surface area contributed by atoms with Gasteiger partial charge in [-0.25, -0.2) is 13.6 Å². The number of rotatable bonds is 5. The molecule has 0 aliphatic carbocycles. The van der Waals surface area contributed by atoms with Crippen molar-refractivity contribution >= 4 is 23.8 Å². The fourth-order valence-electron chi connectivity index (χ4n) is 1.70. The molecule has 0 radical (unpaired) electrons. The van der Waals surface area contributed by atoms with E-state index in [-0.39, 0.29) is 11.4 Å². The van der Waals surface area contributed by atoms with Gasteiger partial charge in [-0.3, -0.25) is 0 Å². The summed E-state index contributed by atoms with van der Waals surface area (Å²) in [5.41, 5.74) is 1.05. The van der Waals surface area contributed by atoms with Crippen molar-refractivity contribution in [2.45, 2.75) is 10.6 Å². The summed E-state index contributed by atoms with van der Waals surface area (Å²) in [5, 5.41) is 8.56. The molecule has 0 aliphatic rings. The summed E-state index contributed by atoms with van der Waals surface area (Å²) in [5.74, 6) is -1.37. The standard InChI is InChI=1S/C16H12F2O2S/c17-13-2-1-3-14(9-13)21-10-11-4-6-15(18)12(8-11)5-7-16(19)20/h1-9H,10H2,(H,19,20)/b7-5+. The maximum Gasteiger partial charge on any atom is 0.328 e. The minimum absolute atomic E-state index is 0.217. The molecule has 0 aliphatic heterocycles. The van der Waals surface area contributed by atoms with Crippen LogP contribution in [0, 0.1) is 11.6 Å². The summed E-state index contributed by atoms with van der Waals surface area (Å²) in [6.45, 7) is 0. The van der Waals surface area contributed by atoms with Gasteiger partial charge in [-0.15, -0.1) is 11.8 Å². The number of thioether (sulfide) groups is 1. The molecule has 5 heteroatoms. The zero-order valence-electron chi connectivity index (χ0n) is 10.9. The molecule has 0 saturated heterocycles. The van der Waals surface area contributed by atoms with Crippen molar-refractivity contribution in [2.75, 3.05) is 0 Å². The van der Waals surface area contributed by atoms with Gasteiger partial charge < -0.3 is 5.11 Å². The minimum atomic E-state index is -1.13. The first kappa shape index (κ1) is 15.3. The molecule has 0 atom stereocenters. The third-order valence-corrected chi connectivity index (χ3v) is 3.73. The van der Waals surface area contributed by atoms with E-state index < -0.39 is 11.8 Å². The maximum absolute atomic E-state index is 13.5. The largest absolute Gasteiger partial charge is 0.478 e. The van der Waals surface area contributed by atoms with Crippen molar-refractivity contribution in [3.63, 3.8) is 0 Å². The summed E-state index contributed by atoms with van der Waals surface area (Å²) in [7, 11) is 0. The Morgan fingerprint density at radius 2 is 2.00 bits per heavy atom. The fraction of sp³-hybridized carbons (Fsp3) is 0.0625. The van der Waals surface area contributed by atoms with Crippen molar-refractivity contribution in [1.82, 2.24) is 0 Å². The highest BCUT2D eigenvalue weighted by atomic mass is 32.2. The van der Waals surface area contributed by atoms with E-state index in [1.807, 2.05) is 0 Å². The van der Waals surface area contributed by atoms with E-state index in [2.05, 4.69) is 0 Å². The molecule has 0 heterocycles. The molecular formula is C16H12F2O2S. The number of carbonyl (C=O) groups is 1. The van der Waals surface area contributed by atoms with Crippen LogP contribution in [0.15, 0.2) is 53.4 Å². The summed E-state index contributed by atoms with van der Waals surface area (Å²) >= 11 is 1.42. The predicted octanol–water partition coefficient (Wildman–Crippen LogP) is 4.35. The fourth-order valence-corrected chi connectivity index (χ4v) is 2.58. The molecule has 0 aromatic heterocycles. The predicted molar refractivity (Wildman–Crippen MR) is 79.0 cm³/mol. The van der Waals surface area contributed by atoms with E-state index in [9.17, 15) is 13.6 Å². The normalized spacial score (nSPS) is 11.0. The summed E-state index contributed by atoms with van der Waals surface area (Å²) in [4.78, 5) is 11.2. The summed E-state index contributed by atoms with van der Waals surface area (Å²) in [6, 6.07) is 10.7. The Balaban J connectivity index is 2.10. The van der Waals surface area contributed by atoms with Crippen LogP contribution >= 0.6 is 11.8 Å². The van der Waals surface area contributed by atoms with Gasteiger partial charge in [0.2, 0.25) is 0 Å². The first-order valence-electron chi connectivity index (χ1n) is 6.12. The highest BCUT2D eigenvalue weighted by molar-refractivity contribution is 7.98. The van der Waals surface area contributed by atoms with E-state index in [0.717, 1.165) is 16.5 Å². The number of aliphatic carboxylic acids is 1. The van der Waals surface area contributed by atoms with Gasteiger partial charge in [-0.05, 0) is 42.0 Å². The highest BCUT2D eigenvalue weighted by Crippen LogP contribution is 2.24. The summed E-state index contributed by atoms with van der Waals surface area (Å²) < 4.78 is 26.6. The molecule has 0 amide bonds. The second kappa shape index (κ2) is 7.04. The van der Waals surface area contributed by atoms with Gasteiger partial charge in [-0.2, -0.15) is 0 Å². The van der Waals surface area contributed by atoms with Gasteiger partial charge in [-0.1, -0.05) is 12.1 Å². The quantitative estimate of drug-likeness (QED) is 0.659. The lowest BCUT2D eigenvalue weighted by Crippen LogP contribution is -1.90. The summed E-state index contributed by atoms with van der Waals surface area (Å²) in [6.07, 6.45) is 2.11. The second-order valence-electron chi connectivity index (χ2n) is 4.27. The smallest absolute Gasteiger partial charge is 0.328 e. The molecule has 1 N–H and O–H groups in total. The van der Waals surface area contributed by atoms with Crippen LogP contribution < -0.4 is 0 Å². The molecule has 2 rings (SSSR count). The molecule has 0 saturated carbocycles. The number of carboxylic acids is 1. The van der Waals surface area contributed by atoms with Crippen LogP contribution in [0.25, 0.3) is 6.08 Å². The van der Waals surface area contributed by atoms with E-state index in [4.69, 9.17) is 5.11 Å². The van der Waals surface area contributed by atoms with Crippen molar-refractivity contribution in [1.29, 1.82) is 0 Å². The van der Waals surface area contributed by atoms with Crippen LogP contribution in [0.4, 0.5) is 8.78 Å². The van der Waals surface area contributed by atoms with Gasteiger partial charge in [0, 0.05) is 22.3 Å². The Labute approximate surface area is 125 Å². The molecule has 0 spiro atoms. The lowest BCUT2D eigenvalue weighted by atomic mass is 10.1. The van der Waals surface area contributed by atoms with Crippen molar-refractivity contribution in [2.24, 2.45) is 0 Å². The third-order valence-electron chi connectivity index (χ3n) is 2.67. The van der Waals surface area contributed by atoms with Crippen molar-refractivity contribution < 1.29 is 18.7 Å². The molecule has 2 aromatic rings. The van der Waals surface area contributed by atoms with E-state index >= 15 is 0 Å². The monoisotopic (exact) mass is 306 g/mol. The average Bonchev–Trinajstić information content (AvgIpc) is 2.45. The number of hydrogen-bond donors (Lipinski definition) is 1. The maximum atomic E-state index is 13.5. The molecule has 21 heavy (non-hydrogen) atoms. The zero-order chi connectivity index (χ0) is 15.2. The number of benzene rings is 2. The second-order valence-corrected chi connectivity index (χ2v) is 5.32. The molecule has 2 aromatic carbocycles. The molecule has 0 unspecified atom stereocenters. The average molecular weight is 306 g/mol. The Morgan fingerprint density at radius 1 is 1.19 bits per heavy atom. The van der Waals surface area contributed by atoms with Crippen molar-refractivity contribution in [3.05, 3.63) is 71.3 Å². The van der Waals surface area contributed by atoms with Gasteiger partial charge in [0.1, 0.15) is 11.6 Å². The Hall–Kier alpha value is -2.14. The first-order chi connectivity index (χ1) is 10.0. The first-order valence-corrected chi connectivity index (χ1v) is 7.11. The Morgan fingerprint density at radius 3 is 2.71 bits per heavy atom. The minimum Gasteiger partial charge on any atom is -0.478 e. The zero-order valence-corrected chi connectivity index (χ0v) is 11.7. The number of halogens is 2. The van der Waals surface area contributed by atoms with Gasteiger partial charge >= 0.3 is 5.97 Å². The van der Waals surface area contributed by atoms with E-state index in [1.165, 1.54) is 36.0 Å². The molecule has 2 nitrogen and oxygen atoms in total. The van der Waals surface area contributed by atoms with Crippen LogP contribution in [0.1, 0.15) is 11.1 Å². The van der Waals surface area contributed by atoms with Gasteiger partial charge in [0.25, 0.3) is 0 Å². The number of hydrogen-bond acceptors (Lipinski definition) is 2. The van der Waals surface area contributed by atoms with Crippen molar-refractivity contribution in [3.8, 4) is 0 Å². The molecule has 0 fully saturated rings. The third kappa shape index (κ3) is 4.72. The Bertz CT molecular complexity index is 684. The molecular weight excluding hydrogens is 294 g/mol. The topological polar surface area (TPSA) is 37.3 Å². The van der Waals surface area contributed by atoms with Crippen LogP contribution in [0.2, 0.25) is 0 Å². The number of carboxylic acid groups (broad SMARTS) is 1. The molecule has 108 valence electrons. The van der Waals surface area contributed by atoms with E-state index in [0.29, 0.717) is 5.75 Å². The lowest BCUT2D eigenvalue weighted by molar-refractivity contribution is -0.131. The molecule has 0 bridgehead atoms. The lowest BCUT2D eigenvalue weighted by Gasteiger charge is -2.04. The highest BCUT2D eigenvalue weighted by Gasteiger charge is 2.03. The van der Waals surface area contributed by atoms with Gasteiger partial charge in [0.05, 0.1) is 0 Å². The van der Waals surface area contributed by atoms with Crippen LogP contribution in [0.3, 0.4) is 0 Å². The SMILES string of the molecule is O=C(O)/C=C/c1cc(CSc2cccc(F)c2)ccc1F. The van der Waals surface area contributed by atoms with Crippen LogP contribution in [0.5, 0.6) is 0 Å². The van der Waals surface area contributed by atoms with Crippen LogP contribution in [-0.2, 0) is 10.5 Å². The van der Waals surface area contributed by atoms with E-state index in [1.54, 1.807) is 24.3 Å². The van der Waals surface area contributed by atoms with Crippen LogP contribution in [-0.4, -0.2) is 11.1 Å². The van der Waals surface area contributed by atoms with Gasteiger partial charge in [0.15, 0.2) is 0 Å².